The fourth-order valence-electron chi connectivity index (χ4n) is 3.36. The SMILES string of the molecule is NC(=NCc1ccc(OC2CCCC2)nc1)Nc1ccc2c(c1)OCCCO2. The number of guanidine groups is 1. The van der Waals surface area contributed by atoms with Gasteiger partial charge in [-0.2, -0.15) is 0 Å². The molecule has 3 N–H and O–H groups in total. The lowest BCUT2D eigenvalue weighted by atomic mass is 10.2. The molecule has 28 heavy (non-hydrogen) atoms. The van der Waals surface area contributed by atoms with E-state index in [0.29, 0.717) is 37.7 Å². The molecule has 1 fully saturated rings. The zero-order valence-electron chi connectivity index (χ0n) is 15.9. The van der Waals surface area contributed by atoms with Gasteiger partial charge in [0.2, 0.25) is 5.88 Å². The number of anilines is 1. The molecule has 7 nitrogen and oxygen atoms in total. The molecule has 0 saturated heterocycles. The van der Waals surface area contributed by atoms with Crippen LogP contribution in [0.15, 0.2) is 41.5 Å². The minimum Gasteiger partial charge on any atom is -0.490 e. The highest BCUT2D eigenvalue weighted by molar-refractivity contribution is 5.92. The number of nitrogens with two attached hydrogens (primary N) is 1. The summed E-state index contributed by atoms with van der Waals surface area (Å²) in [6, 6.07) is 9.52. The van der Waals surface area contributed by atoms with Gasteiger partial charge < -0.3 is 25.3 Å². The van der Waals surface area contributed by atoms with Crippen LogP contribution in [0.5, 0.6) is 17.4 Å². The zero-order valence-corrected chi connectivity index (χ0v) is 15.9. The van der Waals surface area contributed by atoms with Gasteiger partial charge in [-0.1, -0.05) is 6.07 Å². The van der Waals surface area contributed by atoms with Gasteiger partial charge >= 0.3 is 0 Å². The van der Waals surface area contributed by atoms with E-state index < -0.39 is 0 Å². The molecule has 0 unspecified atom stereocenters. The van der Waals surface area contributed by atoms with Crippen LogP contribution < -0.4 is 25.3 Å². The Balaban J connectivity index is 1.32. The number of fused-ring (bicyclic) bond motifs is 1. The minimum absolute atomic E-state index is 0.312. The first-order valence-electron chi connectivity index (χ1n) is 9.84. The number of nitrogens with zero attached hydrogens (tertiary/aromatic N) is 2. The number of nitrogens with one attached hydrogen (secondary N) is 1. The second kappa shape index (κ2) is 8.82. The number of hydrogen-bond donors (Lipinski definition) is 2. The standard InChI is InChI=1S/C21H26N4O3/c22-21(25-16-7-8-18-19(12-16)27-11-3-10-26-18)24-14-15-6-9-20(23-13-15)28-17-4-1-2-5-17/h6-9,12-13,17H,1-5,10-11,14H2,(H3,22,24,25). The first-order valence-corrected chi connectivity index (χ1v) is 9.84. The van der Waals surface area contributed by atoms with Crippen LogP contribution in [0.4, 0.5) is 5.69 Å². The fraction of sp³-hybridized carbons (Fsp3) is 0.429. The van der Waals surface area contributed by atoms with Gasteiger partial charge in [0.25, 0.3) is 0 Å². The quantitative estimate of drug-likeness (QED) is 0.608. The second-order valence-corrected chi connectivity index (χ2v) is 7.07. The van der Waals surface area contributed by atoms with Crippen LogP contribution >= 0.6 is 0 Å². The lowest BCUT2D eigenvalue weighted by molar-refractivity contribution is 0.201. The molecular weight excluding hydrogens is 356 g/mol. The summed E-state index contributed by atoms with van der Waals surface area (Å²) in [5, 5.41) is 3.09. The Morgan fingerprint density at radius 2 is 1.93 bits per heavy atom. The maximum Gasteiger partial charge on any atom is 0.213 e. The van der Waals surface area contributed by atoms with E-state index in [4.69, 9.17) is 19.9 Å². The van der Waals surface area contributed by atoms with Crippen molar-refractivity contribution in [1.82, 2.24) is 4.98 Å². The van der Waals surface area contributed by atoms with Crippen molar-refractivity contribution in [1.29, 1.82) is 0 Å². The highest BCUT2D eigenvalue weighted by atomic mass is 16.5. The Bertz CT molecular complexity index is 817. The Morgan fingerprint density at radius 3 is 2.71 bits per heavy atom. The van der Waals surface area contributed by atoms with E-state index in [9.17, 15) is 0 Å². The molecule has 1 aliphatic heterocycles. The number of pyridine rings is 1. The van der Waals surface area contributed by atoms with Gasteiger partial charge in [0, 0.05) is 30.4 Å². The molecule has 2 heterocycles. The van der Waals surface area contributed by atoms with Gasteiger partial charge in [0.05, 0.1) is 19.8 Å². The Hall–Kier alpha value is -2.96. The summed E-state index contributed by atoms with van der Waals surface area (Å²) in [6.07, 6.45) is 7.70. The normalized spacial score (nSPS) is 17.2. The largest absolute Gasteiger partial charge is 0.490 e. The number of aliphatic imine (C=N–C) groups is 1. The molecule has 0 spiro atoms. The van der Waals surface area contributed by atoms with Gasteiger partial charge in [0.15, 0.2) is 17.5 Å². The second-order valence-electron chi connectivity index (χ2n) is 7.07. The maximum atomic E-state index is 6.02. The van der Waals surface area contributed by atoms with Crippen molar-refractivity contribution in [2.45, 2.75) is 44.8 Å². The van der Waals surface area contributed by atoms with Gasteiger partial charge in [-0.05, 0) is 43.4 Å². The third-order valence-electron chi connectivity index (χ3n) is 4.84. The van der Waals surface area contributed by atoms with Crippen LogP contribution in [0.3, 0.4) is 0 Å². The smallest absolute Gasteiger partial charge is 0.213 e. The molecule has 1 saturated carbocycles. The van der Waals surface area contributed by atoms with E-state index in [1.165, 1.54) is 12.8 Å². The summed E-state index contributed by atoms with van der Waals surface area (Å²) in [5.41, 5.74) is 7.80. The Labute approximate surface area is 164 Å². The zero-order chi connectivity index (χ0) is 19.2. The van der Waals surface area contributed by atoms with Crippen LogP contribution in [0.2, 0.25) is 0 Å². The van der Waals surface area contributed by atoms with Crippen molar-refractivity contribution in [2.75, 3.05) is 18.5 Å². The molecule has 1 aromatic carbocycles. The van der Waals surface area contributed by atoms with E-state index in [0.717, 1.165) is 42.0 Å². The monoisotopic (exact) mass is 382 g/mol. The third kappa shape index (κ3) is 4.85. The minimum atomic E-state index is 0.312. The van der Waals surface area contributed by atoms with Crippen LogP contribution in [-0.4, -0.2) is 30.3 Å². The molecule has 4 rings (SSSR count). The summed E-state index contributed by atoms with van der Waals surface area (Å²) in [6.45, 7) is 1.76. The van der Waals surface area contributed by atoms with Crippen molar-refractivity contribution in [3.8, 4) is 17.4 Å². The number of ether oxygens (including phenoxy) is 3. The molecule has 148 valence electrons. The molecule has 0 atom stereocenters. The summed E-state index contributed by atoms with van der Waals surface area (Å²) in [4.78, 5) is 8.76. The number of rotatable bonds is 5. The Morgan fingerprint density at radius 1 is 1.11 bits per heavy atom. The summed E-state index contributed by atoms with van der Waals surface area (Å²) >= 11 is 0. The summed E-state index contributed by atoms with van der Waals surface area (Å²) < 4.78 is 17.2. The molecule has 1 aliphatic carbocycles. The molecule has 2 aliphatic rings. The lowest BCUT2D eigenvalue weighted by Crippen LogP contribution is -2.22. The number of hydrogen-bond acceptors (Lipinski definition) is 5. The summed E-state index contributed by atoms with van der Waals surface area (Å²) in [5.74, 6) is 2.49. The molecule has 2 aromatic rings. The van der Waals surface area contributed by atoms with Crippen molar-refractivity contribution in [3.05, 3.63) is 42.1 Å². The predicted molar refractivity (Wildman–Crippen MR) is 108 cm³/mol. The van der Waals surface area contributed by atoms with Crippen LogP contribution in [0.25, 0.3) is 0 Å². The van der Waals surface area contributed by atoms with Crippen LogP contribution in [-0.2, 0) is 6.54 Å². The number of benzene rings is 1. The van der Waals surface area contributed by atoms with E-state index in [-0.39, 0.29) is 0 Å². The third-order valence-corrected chi connectivity index (χ3v) is 4.84. The van der Waals surface area contributed by atoms with Crippen LogP contribution in [0.1, 0.15) is 37.7 Å². The maximum absolute atomic E-state index is 6.02. The first kappa shape index (κ1) is 18.4. The van der Waals surface area contributed by atoms with E-state index in [1.54, 1.807) is 6.20 Å². The molecular formula is C21H26N4O3. The van der Waals surface area contributed by atoms with Gasteiger partial charge in [-0.3, -0.25) is 0 Å². The van der Waals surface area contributed by atoms with Gasteiger partial charge in [-0.25, -0.2) is 9.98 Å². The van der Waals surface area contributed by atoms with Gasteiger partial charge in [-0.15, -0.1) is 0 Å². The highest BCUT2D eigenvalue weighted by Gasteiger charge is 2.16. The lowest BCUT2D eigenvalue weighted by Gasteiger charge is -2.12. The average molecular weight is 382 g/mol. The molecule has 0 bridgehead atoms. The van der Waals surface area contributed by atoms with Gasteiger partial charge in [0.1, 0.15) is 6.10 Å². The fourth-order valence-corrected chi connectivity index (χ4v) is 3.36. The van der Waals surface area contributed by atoms with Crippen LogP contribution in [0, 0.1) is 0 Å². The van der Waals surface area contributed by atoms with Crippen molar-refractivity contribution in [2.24, 2.45) is 10.7 Å². The summed E-state index contributed by atoms with van der Waals surface area (Å²) in [7, 11) is 0. The van der Waals surface area contributed by atoms with E-state index in [1.807, 2.05) is 30.3 Å². The highest BCUT2D eigenvalue weighted by Crippen LogP contribution is 2.32. The van der Waals surface area contributed by atoms with E-state index in [2.05, 4.69) is 15.3 Å². The molecule has 1 aromatic heterocycles. The van der Waals surface area contributed by atoms with Crippen molar-refractivity contribution >= 4 is 11.6 Å². The molecule has 0 radical (unpaired) electrons. The molecule has 7 heteroatoms. The Kier molecular flexibility index (Phi) is 5.80. The molecule has 0 amide bonds. The van der Waals surface area contributed by atoms with E-state index >= 15 is 0 Å². The van der Waals surface area contributed by atoms with Crippen molar-refractivity contribution < 1.29 is 14.2 Å². The average Bonchev–Trinajstić information content (AvgIpc) is 3.10. The number of aromatic nitrogens is 1. The topological polar surface area (TPSA) is 91.0 Å². The van der Waals surface area contributed by atoms with Crippen molar-refractivity contribution in [3.63, 3.8) is 0 Å². The predicted octanol–water partition coefficient (Wildman–Crippen LogP) is 3.49. The first-order chi connectivity index (χ1) is 13.8.